The number of rotatable bonds is 2. The van der Waals surface area contributed by atoms with Crippen LogP contribution in [-0.4, -0.2) is 9.97 Å². The van der Waals surface area contributed by atoms with Crippen molar-refractivity contribution in [2.24, 2.45) is 0 Å². The Morgan fingerprint density at radius 2 is 2.08 bits per heavy atom. The van der Waals surface area contributed by atoms with Gasteiger partial charge in [0, 0.05) is 24.5 Å². The number of H-pyrrole nitrogens is 2. The fourth-order valence-corrected chi connectivity index (χ4v) is 1.05. The Bertz CT molecular complexity index is 376. The second kappa shape index (κ2) is 3.67. The van der Waals surface area contributed by atoms with Gasteiger partial charge in [0.15, 0.2) is 12.4 Å². The van der Waals surface area contributed by atoms with Gasteiger partial charge in [-0.25, -0.2) is 9.97 Å². The van der Waals surface area contributed by atoms with Crippen molar-refractivity contribution in [2.45, 2.75) is 0 Å². The van der Waals surface area contributed by atoms with Crippen molar-refractivity contribution in [1.29, 1.82) is 0 Å². The molecule has 2 rings (SSSR count). The van der Waals surface area contributed by atoms with Gasteiger partial charge in [-0.05, 0) is 11.6 Å². The first-order valence-corrected chi connectivity index (χ1v) is 4.09. The zero-order valence-electron chi connectivity index (χ0n) is 7.07. The standard InChI is InChI=1S/C10H9N3/c1(2-10-12-7-8-13-10)9-3-5-11-6-4-9/h1-8H,(H,12,13)/p+1/b2-1+. The smallest absolute Gasteiger partial charge is 0.167 e. The molecular weight excluding hydrogens is 162 g/mol. The Morgan fingerprint density at radius 3 is 2.77 bits per heavy atom. The molecular formula is C10H10N3+. The van der Waals surface area contributed by atoms with Crippen LogP contribution in [0.1, 0.15) is 11.4 Å². The molecule has 3 nitrogen and oxygen atoms in total. The monoisotopic (exact) mass is 172 g/mol. The first-order chi connectivity index (χ1) is 6.45. The summed E-state index contributed by atoms with van der Waals surface area (Å²) in [6.45, 7) is 0. The van der Waals surface area contributed by atoms with Crippen LogP contribution in [0.4, 0.5) is 0 Å². The van der Waals surface area contributed by atoms with E-state index < -0.39 is 0 Å². The molecule has 0 amide bonds. The van der Waals surface area contributed by atoms with Crippen molar-refractivity contribution in [3.8, 4) is 0 Å². The van der Waals surface area contributed by atoms with Gasteiger partial charge in [-0.1, -0.05) is 6.08 Å². The molecule has 0 aliphatic carbocycles. The molecule has 0 spiro atoms. The van der Waals surface area contributed by atoms with Gasteiger partial charge in [-0.3, -0.25) is 0 Å². The predicted molar refractivity (Wildman–Crippen MR) is 50.5 cm³/mol. The molecule has 0 fully saturated rings. The highest BCUT2D eigenvalue weighted by atomic mass is 14.9. The number of nitrogens with zero attached hydrogens (tertiary/aromatic N) is 1. The molecule has 13 heavy (non-hydrogen) atoms. The molecule has 2 N–H and O–H groups in total. The molecule has 2 heterocycles. The van der Waals surface area contributed by atoms with Gasteiger partial charge < -0.3 is 4.98 Å². The molecule has 0 unspecified atom stereocenters. The van der Waals surface area contributed by atoms with Crippen molar-refractivity contribution in [2.75, 3.05) is 0 Å². The third-order valence-corrected chi connectivity index (χ3v) is 1.70. The Balaban J connectivity index is 2.15. The van der Waals surface area contributed by atoms with Crippen molar-refractivity contribution in [3.05, 3.63) is 48.3 Å². The van der Waals surface area contributed by atoms with Crippen LogP contribution in [0.5, 0.6) is 0 Å². The summed E-state index contributed by atoms with van der Waals surface area (Å²) in [5, 5.41) is 0. The zero-order valence-corrected chi connectivity index (χ0v) is 7.07. The van der Waals surface area contributed by atoms with Gasteiger partial charge in [0.2, 0.25) is 0 Å². The predicted octanol–water partition coefficient (Wildman–Crippen LogP) is 1.39. The maximum Gasteiger partial charge on any atom is 0.167 e. The molecule has 64 valence electrons. The van der Waals surface area contributed by atoms with Crippen LogP contribution in [0.15, 0.2) is 36.9 Å². The first-order valence-electron chi connectivity index (χ1n) is 4.09. The Labute approximate surface area is 76.2 Å². The van der Waals surface area contributed by atoms with Gasteiger partial charge in [0.05, 0.1) is 0 Å². The average Bonchev–Trinajstić information content (AvgIpc) is 2.69. The summed E-state index contributed by atoms with van der Waals surface area (Å²) in [5.74, 6) is 0.868. The van der Waals surface area contributed by atoms with Crippen LogP contribution < -0.4 is 4.98 Å². The lowest BCUT2D eigenvalue weighted by Gasteiger charge is -1.86. The van der Waals surface area contributed by atoms with Crippen LogP contribution in [-0.2, 0) is 0 Å². The highest BCUT2D eigenvalue weighted by molar-refractivity contribution is 5.65. The van der Waals surface area contributed by atoms with Crippen LogP contribution >= 0.6 is 0 Å². The minimum absolute atomic E-state index is 0.868. The highest BCUT2D eigenvalue weighted by Gasteiger charge is 1.88. The zero-order chi connectivity index (χ0) is 8.93. The highest BCUT2D eigenvalue weighted by Crippen LogP contribution is 2.01. The molecule has 2 aromatic rings. The van der Waals surface area contributed by atoms with E-state index >= 15 is 0 Å². The largest absolute Gasteiger partial charge is 0.345 e. The second-order valence-electron chi connectivity index (χ2n) is 2.64. The Morgan fingerprint density at radius 1 is 1.23 bits per heavy atom. The van der Waals surface area contributed by atoms with Crippen molar-refractivity contribution < 1.29 is 4.98 Å². The van der Waals surface area contributed by atoms with Gasteiger partial charge in [0.25, 0.3) is 0 Å². The van der Waals surface area contributed by atoms with Crippen LogP contribution in [0, 0.1) is 0 Å². The number of aromatic nitrogens is 3. The molecule has 0 aliphatic heterocycles. The average molecular weight is 172 g/mol. The lowest BCUT2D eigenvalue weighted by atomic mass is 10.2. The van der Waals surface area contributed by atoms with Crippen LogP contribution in [0.25, 0.3) is 12.2 Å². The van der Waals surface area contributed by atoms with E-state index in [4.69, 9.17) is 0 Å². The van der Waals surface area contributed by atoms with Crippen molar-refractivity contribution in [1.82, 2.24) is 9.97 Å². The summed E-state index contributed by atoms with van der Waals surface area (Å²) in [7, 11) is 0. The lowest BCUT2D eigenvalue weighted by molar-refractivity contribution is -0.378. The number of aromatic amines is 2. The summed E-state index contributed by atoms with van der Waals surface area (Å²) in [4.78, 5) is 10.1. The molecule has 0 saturated heterocycles. The topological polar surface area (TPSA) is 42.8 Å². The molecule has 3 heteroatoms. The van der Waals surface area contributed by atoms with E-state index in [9.17, 15) is 0 Å². The minimum atomic E-state index is 0.868. The molecule has 0 saturated carbocycles. The van der Waals surface area contributed by atoms with Crippen molar-refractivity contribution in [3.63, 3.8) is 0 Å². The number of imidazole rings is 1. The second-order valence-corrected chi connectivity index (χ2v) is 2.64. The fourth-order valence-electron chi connectivity index (χ4n) is 1.05. The summed E-state index contributed by atoms with van der Waals surface area (Å²) in [5.41, 5.74) is 1.15. The van der Waals surface area contributed by atoms with E-state index in [1.165, 1.54) is 0 Å². The summed E-state index contributed by atoms with van der Waals surface area (Å²) in [6.07, 6.45) is 11.3. The van der Waals surface area contributed by atoms with Crippen molar-refractivity contribution >= 4 is 12.2 Å². The lowest BCUT2D eigenvalue weighted by Crippen LogP contribution is -1.96. The van der Waals surface area contributed by atoms with E-state index in [1.807, 2.05) is 36.7 Å². The number of nitrogens with one attached hydrogen (secondary N) is 2. The summed E-state index contributed by atoms with van der Waals surface area (Å²) < 4.78 is 0. The number of hydrogen-bond donors (Lipinski definition) is 1. The van der Waals surface area contributed by atoms with Gasteiger partial charge in [-0.2, -0.15) is 0 Å². The first kappa shape index (κ1) is 7.73. The maximum atomic E-state index is 4.08. The number of pyridine rings is 1. The van der Waals surface area contributed by atoms with Gasteiger partial charge >= 0.3 is 0 Å². The Hall–Kier alpha value is -1.90. The SMILES string of the molecule is C(=C\c1ncc[nH]1)/c1cc[nH+]cc1. The third kappa shape index (κ3) is 2.02. The van der Waals surface area contributed by atoms with Gasteiger partial charge in [-0.15, -0.1) is 0 Å². The normalized spacial score (nSPS) is 10.8. The molecule has 0 aromatic carbocycles. The quantitative estimate of drug-likeness (QED) is 0.730. The summed E-state index contributed by atoms with van der Waals surface area (Å²) >= 11 is 0. The third-order valence-electron chi connectivity index (χ3n) is 1.70. The van der Waals surface area contributed by atoms with E-state index in [-0.39, 0.29) is 0 Å². The van der Waals surface area contributed by atoms with E-state index in [0.29, 0.717) is 0 Å². The van der Waals surface area contributed by atoms with E-state index in [0.717, 1.165) is 11.4 Å². The minimum Gasteiger partial charge on any atom is -0.345 e. The summed E-state index contributed by atoms with van der Waals surface area (Å²) in [6, 6.07) is 4.00. The van der Waals surface area contributed by atoms with Crippen LogP contribution in [0.2, 0.25) is 0 Å². The van der Waals surface area contributed by atoms with Crippen LogP contribution in [0.3, 0.4) is 0 Å². The Kier molecular flexibility index (Phi) is 2.18. The van der Waals surface area contributed by atoms with E-state index in [1.54, 1.807) is 12.4 Å². The molecule has 2 aromatic heterocycles. The molecule has 0 bridgehead atoms. The number of hydrogen-bond acceptors (Lipinski definition) is 1. The maximum absolute atomic E-state index is 4.08. The van der Waals surface area contributed by atoms with E-state index in [2.05, 4.69) is 15.0 Å². The fraction of sp³-hybridized carbons (Fsp3) is 0. The molecule has 0 atom stereocenters. The van der Waals surface area contributed by atoms with Gasteiger partial charge in [0.1, 0.15) is 5.82 Å². The molecule has 0 aliphatic rings. The molecule has 0 radical (unpaired) electrons.